The SMILES string of the molecule is COC(=O)N[C@H](C(=O)N1CCC[C@H]1c1ncc(-c2ccc3cc(-c4ccc(-c5cnc([C@@H]6CC(C)CN6C(=O)[C@H](NC(=O)OC)c6ccccc6)[nH]5)cc4)ccc3c2)[nH]1)C1CCOCC1. The highest BCUT2D eigenvalue weighted by molar-refractivity contribution is 5.91. The third kappa shape index (κ3) is 9.19. The summed E-state index contributed by atoms with van der Waals surface area (Å²) in [6.07, 6.45) is 6.09. The smallest absolute Gasteiger partial charge is 0.407 e. The van der Waals surface area contributed by atoms with Crippen LogP contribution >= 0.6 is 0 Å². The van der Waals surface area contributed by atoms with Crippen molar-refractivity contribution >= 4 is 34.8 Å². The van der Waals surface area contributed by atoms with E-state index in [1.165, 1.54) is 14.2 Å². The number of nitrogens with zero attached hydrogens (tertiary/aromatic N) is 4. The van der Waals surface area contributed by atoms with Gasteiger partial charge in [-0.2, -0.15) is 0 Å². The van der Waals surface area contributed by atoms with E-state index in [-0.39, 0.29) is 35.7 Å². The molecular weight excluding hydrogens is 825 g/mol. The zero-order chi connectivity index (χ0) is 45.0. The van der Waals surface area contributed by atoms with Crippen molar-refractivity contribution in [3.8, 4) is 33.6 Å². The van der Waals surface area contributed by atoms with Crippen LogP contribution in [0.5, 0.6) is 0 Å². The lowest BCUT2D eigenvalue weighted by molar-refractivity contribution is -0.137. The first-order valence-electron chi connectivity index (χ1n) is 22.3. The minimum atomic E-state index is -0.894. The minimum Gasteiger partial charge on any atom is -0.453 e. The van der Waals surface area contributed by atoms with Gasteiger partial charge in [0.15, 0.2) is 0 Å². The van der Waals surface area contributed by atoms with E-state index in [1.807, 2.05) is 52.5 Å². The van der Waals surface area contributed by atoms with Crippen molar-refractivity contribution in [2.45, 2.75) is 63.2 Å². The Morgan fingerprint density at radius 3 is 1.98 bits per heavy atom. The van der Waals surface area contributed by atoms with E-state index in [2.05, 4.69) is 88.2 Å². The van der Waals surface area contributed by atoms with Gasteiger partial charge in [-0.3, -0.25) is 9.59 Å². The first-order chi connectivity index (χ1) is 31.7. The van der Waals surface area contributed by atoms with Crippen LogP contribution in [-0.4, -0.2) is 100 Å². The lowest BCUT2D eigenvalue weighted by Gasteiger charge is -2.34. The molecule has 3 aliphatic heterocycles. The quantitative estimate of drug-likeness (QED) is 0.0999. The number of hydrogen-bond donors (Lipinski definition) is 4. The predicted molar refractivity (Wildman–Crippen MR) is 244 cm³/mol. The second-order valence-electron chi connectivity index (χ2n) is 17.3. The standard InChI is InChI=1S/C50H54N8O7/c1-30-24-42(58(29-30)48(60)43(55-49(61)63-2)33-8-5-4-6-9-33)46-52-27-39(53-46)32-13-11-31(12-14-32)35-15-16-37-26-38(18-17-36(37)25-35)40-28-51-45(54-40)41-10-7-21-57(41)47(59)44(56-50(62)64-3)34-19-22-65-23-20-34/h4-6,8-9,11-18,25-28,30,34,41-44H,7,10,19-24,29H2,1-3H3,(H,51,54)(H,52,53)(H,55,61)(H,56,62)/t30?,41-,42-,43+,44-/m0/s1. The number of rotatable bonds is 11. The first-order valence-corrected chi connectivity index (χ1v) is 22.3. The van der Waals surface area contributed by atoms with Crippen LogP contribution in [0.1, 0.15) is 74.4 Å². The summed E-state index contributed by atoms with van der Waals surface area (Å²) in [5.74, 6) is 1.31. The zero-order valence-electron chi connectivity index (χ0n) is 36.8. The number of aromatic amines is 2. The molecule has 4 N–H and O–H groups in total. The molecule has 0 radical (unpaired) electrons. The molecule has 4 aromatic carbocycles. The Hall–Kier alpha value is -7.00. The summed E-state index contributed by atoms with van der Waals surface area (Å²) in [6, 6.07) is 28.2. The van der Waals surface area contributed by atoms with Gasteiger partial charge in [0.2, 0.25) is 5.91 Å². The highest BCUT2D eigenvalue weighted by Gasteiger charge is 2.41. The van der Waals surface area contributed by atoms with Crippen molar-refractivity contribution in [3.63, 3.8) is 0 Å². The Morgan fingerprint density at radius 1 is 0.692 bits per heavy atom. The van der Waals surface area contributed by atoms with E-state index >= 15 is 0 Å². The number of ether oxygens (including phenoxy) is 3. The van der Waals surface area contributed by atoms with E-state index in [0.29, 0.717) is 50.5 Å². The summed E-state index contributed by atoms with van der Waals surface area (Å²) < 4.78 is 15.3. The molecule has 1 unspecified atom stereocenters. The van der Waals surface area contributed by atoms with Crippen molar-refractivity contribution in [3.05, 3.63) is 121 Å². The maximum atomic E-state index is 14.1. The normalized spacial score (nSPS) is 19.8. The fourth-order valence-electron chi connectivity index (χ4n) is 9.67. The van der Waals surface area contributed by atoms with Crippen molar-refractivity contribution < 1.29 is 33.4 Å². The van der Waals surface area contributed by atoms with Crippen LogP contribution in [0.15, 0.2) is 103 Å². The Bertz CT molecular complexity index is 2660. The number of nitrogens with one attached hydrogen (secondary N) is 4. The van der Waals surface area contributed by atoms with E-state index < -0.39 is 24.3 Å². The molecule has 0 saturated carbocycles. The fourth-order valence-corrected chi connectivity index (χ4v) is 9.67. The van der Waals surface area contributed by atoms with Crippen molar-refractivity contribution in [2.24, 2.45) is 11.8 Å². The van der Waals surface area contributed by atoms with Crippen molar-refractivity contribution in [1.29, 1.82) is 0 Å². The lowest BCUT2D eigenvalue weighted by Crippen LogP contribution is -2.53. The van der Waals surface area contributed by atoms with Gasteiger partial charge in [-0.25, -0.2) is 19.6 Å². The molecule has 2 aromatic heterocycles. The van der Waals surface area contributed by atoms with Crippen LogP contribution in [-0.2, 0) is 23.8 Å². The summed E-state index contributed by atoms with van der Waals surface area (Å²) in [7, 11) is 2.59. The van der Waals surface area contributed by atoms with Crippen LogP contribution < -0.4 is 10.6 Å². The molecule has 0 spiro atoms. The van der Waals surface area contributed by atoms with Crippen molar-refractivity contribution in [1.82, 2.24) is 40.4 Å². The molecule has 4 amide bonds. The third-order valence-corrected chi connectivity index (χ3v) is 13.1. The number of hydrogen-bond acceptors (Lipinski definition) is 9. The molecule has 9 rings (SSSR count). The maximum absolute atomic E-state index is 14.1. The van der Waals surface area contributed by atoms with Gasteiger partial charge in [0.25, 0.3) is 5.91 Å². The number of aromatic nitrogens is 4. The number of fused-ring (bicyclic) bond motifs is 1. The highest BCUT2D eigenvalue weighted by Crippen LogP contribution is 2.38. The average molecular weight is 879 g/mol. The number of alkyl carbamates (subject to hydrolysis) is 2. The topological polar surface area (TPSA) is 184 Å². The second-order valence-corrected chi connectivity index (χ2v) is 17.3. The van der Waals surface area contributed by atoms with Gasteiger partial charge in [0.1, 0.15) is 23.7 Å². The monoisotopic (exact) mass is 878 g/mol. The molecule has 3 saturated heterocycles. The number of benzene rings is 4. The van der Waals surface area contributed by atoms with Crippen LogP contribution in [0.2, 0.25) is 0 Å². The van der Waals surface area contributed by atoms with E-state index in [1.54, 1.807) is 0 Å². The van der Waals surface area contributed by atoms with Gasteiger partial charge in [-0.1, -0.05) is 85.8 Å². The van der Waals surface area contributed by atoms with Crippen LogP contribution in [0, 0.1) is 11.8 Å². The van der Waals surface area contributed by atoms with Gasteiger partial charge in [0, 0.05) is 31.9 Å². The molecule has 3 fully saturated rings. The molecule has 5 atom stereocenters. The first kappa shape index (κ1) is 43.3. The number of carbonyl (C=O) groups excluding carboxylic acids is 4. The van der Waals surface area contributed by atoms with Gasteiger partial charge in [-0.05, 0) is 89.1 Å². The summed E-state index contributed by atoms with van der Waals surface area (Å²) in [5.41, 5.74) is 6.51. The molecule has 5 heterocycles. The molecule has 15 heteroatoms. The molecule has 3 aliphatic rings. The van der Waals surface area contributed by atoms with E-state index in [0.717, 1.165) is 69.5 Å². The van der Waals surface area contributed by atoms with Crippen molar-refractivity contribution in [2.75, 3.05) is 40.5 Å². The summed E-state index contributed by atoms with van der Waals surface area (Å²) >= 11 is 0. The summed E-state index contributed by atoms with van der Waals surface area (Å²) in [4.78, 5) is 72.9. The average Bonchev–Trinajstić information content (AvgIpc) is 4.20. The molecular formula is C50H54N8O7. The molecule has 336 valence electrons. The molecule has 0 aliphatic carbocycles. The Morgan fingerprint density at radius 2 is 1.29 bits per heavy atom. The van der Waals surface area contributed by atoms with E-state index in [9.17, 15) is 19.2 Å². The van der Waals surface area contributed by atoms with E-state index in [4.69, 9.17) is 24.2 Å². The number of methoxy groups -OCH3 is 2. The third-order valence-electron chi connectivity index (χ3n) is 13.1. The highest BCUT2D eigenvalue weighted by atomic mass is 16.5. The largest absolute Gasteiger partial charge is 0.453 e. The number of H-pyrrole nitrogens is 2. The molecule has 0 bridgehead atoms. The fraction of sp³-hybridized carbons (Fsp3) is 0.360. The number of likely N-dealkylation sites (tertiary alicyclic amines) is 2. The Balaban J connectivity index is 0.875. The Labute approximate surface area is 377 Å². The van der Waals surface area contributed by atoms with Crippen LogP contribution in [0.25, 0.3) is 44.4 Å². The van der Waals surface area contributed by atoms with Gasteiger partial charge in [-0.15, -0.1) is 0 Å². The molecule has 6 aromatic rings. The zero-order valence-corrected chi connectivity index (χ0v) is 36.8. The number of amides is 4. The predicted octanol–water partition coefficient (Wildman–Crippen LogP) is 8.11. The molecule has 65 heavy (non-hydrogen) atoms. The molecule has 15 nitrogen and oxygen atoms in total. The number of carbonyl (C=O) groups is 4. The minimum absolute atomic E-state index is 0.0313. The summed E-state index contributed by atoms with van der Waals surface area (Å²) in [5, 5.41) is 7.73. The van der Waals surface area contributed by atoms with Gasteiger partial charge in [0.05, 0.1) is 50.1 Å². The van der Waals surface area contributed by atoms with Crippen LogP contribution in [0.3, 0.4) is 0 Å². The van der Waals surface area contributed by atoms with Crippen LogP contribution in [0.4, 0.5) is 9.59 Å². The summed E-state index contributed by atoms with van der Waals surface area (Å²) in [6.45, 7) is 4.36. The van der Waals surface area contributed by atoms with Gasteiger partial charge < -0.3 is 44.6 Å². The Kier molecular flexibility index (Phi) is 12.6. The van der Waals surface area contributed by atoms with Gasteiger partial charge >= 0.3 is 12.2 Å². The second kappa shape index (κ2) is 19.0. The maximum Gasteiger partial charge on any atom is 0.407 e. The lowest BCUT2D eigenvalue weighted by atomic mass is 9.90. The number of imidazole rings is 2.